The van der Waals surface area contributed by atoms with Crippen LogP contribution in [0, 0.1) is 6.92 Å². The predicted octanol–water partition coefficient (Wildman–Crippen LogP) is 2.26. The molecule has 0 fully saturated rings. The number of nitrogens with zero attached hydrogens (tertiary/aromatic N) is 2. The second-order valence-corrected chi connectivity index (χ2v) is 5.56. The molecule has 7 heteroatoms. The SMILES string of the molecule is CCNc1nc(C)cc(NCCNC(=O)c2ccc(C(C)=O)cc2)n1. The minimum Gasteiger partial charge on any atom is -0.368 e. The Kier molecular flexibility index (Phi) is 6.45. The second kappa shape index (κ2) is 8.77. The number of carbonyl (C=O) groups excluding carboxylic acids is 2. The summed E-state index contributed by atoms with van der Waals surface area (Å²) >= 11 is 0. The molecular weight excluding hydrogens is 318 g/mol. The number of benzene rings is 1. The second-order valence-electron chi connectivity index (χ2n) is 5.56. The Morgan fingerprint density at radius 1 is 1.00 bits per heavy atom. The van der Waals surface area contributed by atoms with E-state index in [0.29, 0.717) is 36.0 Å². The van der Waals surface area contributed by atoms with Crippen LogP contribution in [0.4, 0.5) is 11.8 Å². The van der Waals surface area contributed by atoms with Crippen molar-refractivity contribution in [3.63, 3.8) is 0 Å². The van der Waals surface area contributed by atoms with E-state index in [4.69, 9.17) is 0 Å². The van der Waals surface area contributed by atoms with Crippen LogP contribution in [0.15, 0.2) is 30.3 Å². The minimum absolute atomic E-state index is 0.0202. The average molecular weight is 341 g/mol. The normalized spacial score (nSPS) is 10.2. The summed E-state index contributed by atoms with van der Waals surface area (Å²) in [7, 11) is 0. The van der Waals surface area contributed by atoms with Crippen molar-refractivity contribution in [2.75, 3.05) is 30.3 Å². The van der Waals surface area contributed by atoms with E-state index in [2.05, 4.69) is 25.9 Å². The molecule has 1 aromatic carbocycles. The van der Waals surface area contributed by atoms with Crippen molar-refractivity contribution in [3.8, 4) is 0 Å². The summed E-state index contributed by atoms with van der Waals surface area (Å²) in [4.78, 5) is 31.9. The first-order chi connectivity index (χ1) is 12.0. The zero-order chi connectivity index (χ0) is 18.2. The van der Waals surface area contributed by atoms with Crippen LogP contribution < -0.4 is 16.0 Å². The smallest absolute Gasteiger partial charge is 0.251 e. The number of hydrogen-bond donors (Lipinski definition) is 3. The Morgan fingerprint density at radius 2 is 1.68 bits per heavy atom. The van der Waals surface area contributed by atoms with Crippen molar-refractivity contribution in [3.05, 3.63) is 47.2 Å². The van der Waals surface area contributed by atoms with Gasteiger partial charge in [0, 0.05) is 42.5 Å². The topological polar surface area (TPSA) is 96.0 Å². The number of carbonyl (C=O) groups is 2. The van der Waals surface area contributed by atoms with E-state index in [1.165, 1.54) is 6.92 Å². The van der Waals surface area contributed by atoms with E-state index in [0.717, 1.165) is 12.2 Å². The molecule has 0 unspecified atom stereocenters. The Hall–Kier alpha value is -2.96. The van der Waals surface area contributed by atoms with Crippen LogP contribution in [-0.2, 0) is 0 Å². The van der Waals surface area contributed by atoms with Gasteiger partial charge in [0.15, 0.2) is 5.78 Å². The summed E-state index contributed by atoms with van der Waals surface area (Å²) in [6, 6.07) is 8.46. The number of Topliss-reactive ketones (excluding diaryl/α,β-unsaturated/α-hetero) is 1. The molecule has 2 aromatic rings. The lowest BCUT2D eigenvalue weighted by Gasteiger charge is -2.10. The Bertz CT molecular complexity index is 744. The lowest BCUT2D eigenvalue weighted by Crippen LogP contribution is -2.29. The zero-order valence-corrected chi connectivity index (χ0v) is 14.7. The van der Waals surface area contributed by atoms with Gasteiger partial charge < -0.3 is 16.0 Å². The molecule has 0 bridgehead atoms. The molecule has 0 radical (unpaired) electrons. The van der Waals surface area contributed by atoms with Crippen molar-refractivity contribution in [2.24, 2.45) is 0 Å². The molecule has 3 N–H and O–H groups in total. The number of hydrogen-bond acceptors (Lipinski definition) is 6. The van der Waals surface area contributed by atoms with Gasteiger partial charge in [0.25, 0.3) is 5.91 Å². The van der Waals surface area contributed by atoms with Crippen LogP contribution in [0.2, 0.25) is 0 Å². The number of aryl methyl sites for hydroxylation is 1. The number of amides is 1. The summed E-state index contributed by atoms with van der Waals surface area (Å²) < 4.78 is 0. The maximum absolute atomic E-state index is 12.1. The predicted molar refractivity (Wildman–Crippen MR) is 98.2 cm³/mol. The average Bonchev–Trinajstić information content (AvgIpc) is 2.58. The maximum Gasteiger partial charge on any atom is 0.251 e. The van der Waals surface area contributed by atoms with Gasteiger partial charge >= 0.3 is 0 Å². The molecule has 0 aliphatic rings. The number of anilines is 2. The number of nitrogens with one attached hydrogen (secondary N) is 3. The quantitative estimate of drug-likeness (QED) is 0.503. The summed E-state index contributed by atoms with van der Waals surface area (Å²) in [6.45, 7) is 7.13. The third kappa shape index (κ3) is 5.56. The molecule has 1 heterocycles. The van der Waals surface area contributed by atoms with Crippen LogP contribution in [0.3, 0.4) is 0 Å². The number of ketones is 1. The van der Waals surface area contributed by atoms with Crippen LogP contribution in [0.1, 0.15) is 40.3 Å². The molecule has 1 aromatic heterocycles. The molecular formula is C18H23N5O2. The summed E-state index contributed by atoms with van der Waals surface area (Å²) in [5, 5.41) is 9.07. The molecule has 2 rings (SSSR count). The third-order valence-electron chi connectivity index (χ3n) is 3.46. The van der Waals surface area contributed by atoms with Gasteiger partial charge in [0.05, 0.1) is 0 Å². The first-order valence-electron chi connectivity index (χ1n) is 8.22. The van der Waals surface area contributed by atoms with Crippen molar-refractivity contribution in [1.82, 2.24) is 15.3 Å². The fourth-order valence-electron chi connectivity index (χ4n) is 2.22. The van der Waals surface area contributed by atoms with Gasteiger partial charge in [-0.25, -0.2) is 4.98 Å². The third-order valence-corrected chi connectivity index (χ3v) is 3.46. The van der Waals surface area contributed by atoms with Gasteiger partial charge in [-0.3, -0.25) is 9.59 Å². The van der Waals surface area contributed by atoms with E-state index < -0.39 is 0 Å². The van der Waals surface area contributed by atoms with E-state index in [-0.39, 0.29) is 11.7 Å². The van der Waals surface area contributed by atoms with Gasteiger partial charge in [-0.2, -0.15) is 4.98 Å². The lowest BCUT2D eigenvalue weighted by atomic mass is 10.1. The highest BCUT2D eigenvalue weighted by Gasteiger charge is 2.06. The number of aromatic nitrogens is 2. The van der Waals surface area contributed by atoms with Gasteiger partial charge in [-0.1, -0.05) is 12.1 Å². The molecule has 0 saturated heterocycles. The standard InChI is InChI=1S/C18H23N5O2/c1-4-19-18-22-12(2)11-16(23-18)20-9-10-21-17(25)15-7-5-14(6-8-15)13(3)24/h5-8,11H,4,9-10H2,1-3H3,(H,21,25)(H2,19,20,22,23). The van der Waals surface area contributed by atoms with E-state index >= 15 is 0 Å². The molecule has 1 amide bonds. The van der Waals surface area contributed by atoms with Gasteiger partial charge in [-0.05, 0) is 32.9 Å². The van der Waals surface area contributed by atoms with Gasteiger partial charge in [-0.15, -0.1) is 0 Å². The molecule has 0 aliphatic carbocycles. The Morgan fingerprint density at radius 3 is 2.32 bits per heavy atom. The van der Waals surface area contributed by atoms with Crippen LogP contribution in [0.5, 0.6) is 0 Å². The van der Waals surface area contributed by atoms with Crippen molar-refractivity contribution in [2.45, 2.75) is 20.8 Å². The highest BCUT2D eigenvalue weighted by molar-refractivity contribution is 5.97. The summed E-state index contributed by atoms with van der Waals surface area (Å²) in [6.07, 6.45) is 0. The fraction of sp³-hybridized carbons (Fsp3) is 0.333. The Balaban J connectivity index is 1.82. The fourth-order valence-corrected chi connectivity index (χ4v) is 2.22. The van der Waals surface area contributed by atoms with E-state index in [9.17, 15) is 9.59 Å². The molecule has 25 heavy (non-hydrogen) atoms. The Labute approximate surface area is 147 Å². The van der Waals surface area contributed by atoms with Crippen LogP contribution >= 0.6 is 0 Å². The minimum atomic E-state index is -0.177. The van der Waals surface area contributed by atoms with Crippen molar-refractivity contribution < 1.29 is 9.59 Å². The summed E-state index contributed by atoms with van der Waals surface area (Å²) in [5.41, 5.74) is 1.98. The maximum atomic E-state index is 12.1. The molecule has 0 saturated carbocycles. The van der Waals surface area contributed by atoms with Crippen molar-refractivity contribution >= 4 is 23.5 Å². The molecule has 0 aliphatic heterocycles. The molecule has 132 valence electrons. The summed E-state index contributed by atoms with van der Waals surface area (Å²) in [5.74, 6) is 1.10. The van der Waals surface area contributed by atoms with Gasteiger partial charge in [0.2, 0.25) is 5.95 Å². The molecule has 0 spiro atoms. The molecule has 7 nitrogen and oxygen atoms in total. The molecule has 0 atom stereocenters. The zero-order valence-electron chi connectivity index (χ0n) is 14.7. The van der Waals surface area contributed by atoms with Crippen LogP contribution in [-0.4, -0.2) is 41.3 Å². The van der Waals surface area contributed by atoms with E-state index in [1.807, 2.05) is 19.9 Å². The highest BCUT2D eigenvalue weighted by atomic mass is 16.1. The first kappa shape index (κ1) is 18.4. The monoisotopic (exact) mass is 341 g/mol. The first-order valence-corrected chi connectivity index (χ1v) is 8.22. The lowest BCUT2D eigenvalue weighted by molar-refractivity contribution is 0.0953. The van der Waals surface area contributed by atoms with Crippen LogP contribution in [0.25, 0.3) is 0 Å². The van der Waals surface area contributed by atoms with Gasteiger partial charge in [0.1, 0.15) is 5.82 Å². The van der Waals surface area contributed by atoms with E-state index in [1.54, 1.807) is 24.3 Å². The largest absolute Gasteiger partial charge is 0.368 e. The highest BCUT2D eigenvalue weighted by Crippen LogP contribution is 2.09. The van der Waals surface area contributed by atoms with Crippen molar-refractivity contribution in [1.29, 1.82) is 0 Å². The number of rotatable bonds is 8.